The Morgan fingerprint density at radius 2 is 1.95 bits per heavy atom. The van der Waals surface area contributed by atoms with Crippen molar-refractivity contribution in [3.8, 4) is 0 Å². The third-order valence-corrected chi connectivity index (χ3v) is 4.22. The topological polar surface area (TPSA) is 37.4 Å². The number of nitrogens with one attached hydrogen (secondary N) is 1. The van der Waals surface area contributed by atoms with Crippen molar-refractivity contribution in [1.82, 2.24) is 10.3 Å². The summed E-state index contributed by atoms with van der Waals surface area (Å²) in [5, 5.41) is 4.59. The molecule has 0 aromatic carbocycles. The van der Waals surface area contributed by atoms with E-state index in [9.17, 15) is 0 Å². The van der Waals surface area contributed by atoms with Crippen molar-refractivity contribution in [1.29, 1.82) is 0 Å². The Morgan fingerprint density at radius 3 is 2.65 bits per heavy atom. The lowest BCUT2D eigenvalue weighted by atomic mass is 10.3. The molecule has 0 saturated heterocycles. The molecule has 5 heteroatoms. The van der Waals surface area contributed by atoms with Crippen molar-refractivity contribution < 1.29 is 4.74 Å². The van der Waals surface area contributed by atoms with Crippen LogP contribution in [0.5, 0.6) is 0 Å². The van der Waals surface area contributed by atoms with E-state index in [1.54, 1.807) is 11.3 Å². The van der Waals surface area contributed by atoms with Gasteiger partial charge >= 0.3 is 0 Å². The lowest BCUT2D eigenvalue weighted by Gasteiger charge is -2.16. The number of nitrogens with zero attached hydrogens (tertiary/aromatic N) is 2. The Morgan fingerprint density at radius 1 is 1.20 bits per heavy atom. The Kier molecular flexibility index (Phi) is 9.62. The summed E-state index contributed by atoms with van der Waals surface area (Å²) >= 11 is 1.79. The summed E-state index contributed by atoms with van der Waals surface area (Å²) < 4.78 is 5.53. The zero-order valence-corrected chi connectivity index (χ0v) is 14.0. The fourth-order valence-corrected chi connectivity index (χ4v) is 2.89. The van der Waals surface area contributed by atoms with Crippen LogP contribution in [0.15, 0.2) is 6.20 Å². The average Bonchev–Trinajstić information content (AvgIpc) is 2.92. The Balaban J connectivity index is 2.10. The van der Waals surface area contributed by atoms with Gasteiger partial charge in [0.2, 0.25) is 0 Å². The quantitative estimate of drug-likeness (QED) is 0.601. The summed E-state index contributed by atoms with van der Waals surface area (Å²) in [5.74, 6) is 0. The molecule has 0 bridgehead atoms. The van der Waals surface area contributed by atoms with E-state index >= 15 is 0 Å². The van der Waals surface area contributed by atoms with Crippen LogP contribution < -0.4 is 10.2 Å². The zero-order chi connectivity index (χ0) is 14.6. The summed E-state index contributed by atoms with van der Waals surface area (Å²) in [6, 6.07) is 0. The molecule has 0 unspecified atom stereocenters. The van der Waals surface area contributed by atoms with E-state index in [4.69, 9.17) is 4.74 Å². The van der Waals surface area contributed by atoms with Gasteiger partial charge in [-0.2, -0.15) is 0 Å². The second kappa shape index (κ2) is 11.1. The predicted octanol–water partition coefficient (Wildman–Crippen LogP) is 3.29. The minimum Gasteiger partial charge on any atom is -0.381 e. The fraction of sp³-hybridized carbons (Fsp3) is 0.800. The van der Waals surface area contributed by atoms with Crippen molar-refractivity contribution in [3.05, 3.63) is 11.1 Å². The van der Waals surface area contributed by atoms with Crippen molar-refractivity contribution in [3.63, 3.8) is 0 Å². The van der Waals surface area contributed by atoms with Crippen molar-refractivity contribution in [2.24, 2.45) is 0 Å². The summed E-state index contributed by atoms with van der Waals surface area (Å²) in [6.45, 7) is 12.2. The third kappa shape index (κ3) is 6.68. The lowest BCUT2D eigenvalue weighted by molar-refractivity contribution is 0.129. The van der Waals surface area contributed by atoms with E-state index in [-0.39, 0.29) is 0 Å². The summed E-state index contributed by atoms with van der Waals surface area (Å²) in [6.07, 6.45) is 5.44. The highest BCUT2D eigenvalue weighted by Gasteiger charge is 2.07. The molecule has 0 amide bonds. The fourth-order valence-electron chi connectivity index (χ4n) is 1.88. The first-order valence-electron chi connectivity index (χ1n) is 7.79. The molecule has 0 aliphatic heterocycles. The molecule has 0 atom stereocenters. The maximum absolute atomic E-state index is 5.53. The largest absolute Gasteiger partial charge is 0.381 e. The molecule has 1 aromatic rings. The van der Waals surface area contributed by atoms with Crippen LogP contribution in [0, 0.1) is 0 Å². The highest BCUT2D eigenvalue weighted by atomic mass is 32.1. The van der Waals surface area contributed by atoms with Crippen LogP contribution >= 0.6 is 11.3 Å². The molecule has 0 aliphatic carbocycles. The van der Waals surface area contributed by atoms with Gasteiger partial charge in [-0.3, -0.25) is 0 Å². The van der Waals surface area contributed by atoms with Crippen molar-refractivity contribution in [2.75, 3.05) is 37.7 Å². The number of unbranched alkanes of at least 4 members (excludes halogenated alkanes) is 1. The molecule has 116 valence electrons. The molecule has 0 radical (unpaired) electrons. The van der Waals surface area contributed by atoms with Gasteiger partial charge in [0.15, 0.2) is 5.13 Å². The number of rotatable bonds is 12. The molecule has 1 N–H and O–H groups in total. The SMILES string of the molecule is CCCCOCCCNCc1cnc(N(CC)CC)s1. The highest BCUT2D eigenvalue weighted by Crippen LogP contribution is 2.21. The molecule has 20 heavy (non-hydrogen) atoms. The molecule has 4 nitrogen and oxygen atoms in total. The van der Waals surface area contributed by atoms with Crippen LogP contribution in [0.25, 0.3) is 0 Å². The van der Waals surface area contributed by atoms with Crippen LogP contribution in [0.4, 0.5) is 5.13 Å². The van der Waals surface area contributed by atoms with E-state index in [0.717, 1.165) is 50.9 Å². The second-order valence-corrected chi connectivity index (χ2v) is 5.87. The van der Waals surface area contributed by atoms with Crippen molar-refractivity contribution >= 4 is 16.5 Å². The van der Waals surface area contributed by atoms with Gasteiger partial charge in [-0.15, -0.1) is 11.3 Å². The number of hydrogen-bond acceptors (Lipinski definition) is 5. The van der Waals surface area contributed by atoms with E-state index < -0.39 is 0 Å². The van der Waals surface area contributed by atoms with Crippen molar-refractivity contribution in [2.45, 2.75) is 46.6 Å². The minimum absolute atomic E-state index is 0.861. The maximum atomic E-state index is 5.53. The lowest BCUT2D eigenvalue weighted by Crippen LogP contribution is -2.21. The molecular formula is C15H29N3OS. The molecule has 1 aromatic heterocycles. The van der Waals surface area contributed by atoms with E-state index in [2.05, 4.69) is 36.0 Å². The van der Waals surface area contributed by atoms with E-state index in [1.165, 1.54) is 17.7 Å². The van der Waals surface area contributed by atoms with Crippen LogP contribution in [-0.4, -0.2) is 37.8 Å². The summed E-state index contributed by atoms with van der Waals surface area (Å²) in [7, 11) is 0. The number of ether oxygens (including phenoxy) is 1. The van der Waals surface area contributed by atoms with Gasteiger partial charge in [-0.1, -0.05) is 13.3 Å². The van der Waals surface area contributed by atoms with Gasteiger partial charge in [0.1, 0.15) is 0 Å². The minimum atomic E-state index is 0.861. The van der Waals surface area contributed by atoms with Gasteiger partial charge in [0.05, 0.1) is 0 Å². The average molecular weight is 299 g/mol. The Bertz CT molecular complexity index is 340. The molecule has 0 saturated carbocycles. The first-order valence-corrected chi connectivity index (χ1v) is 8.61. The van der Waals surface area contributed by atoms with Gasteiger partial charge in [-0.25, -0.2) is 4.98 Å². The van der Waals surface area contributed by atoms with Gasteiger partial charge in [-0.05, 0) is 33.2 Å². The Labute approximate surface area is 127 Å². The van der Waals surface area contributed by atoms with Crippen LogP contribution in [0.1, 0.15) is 44.9 Å². The summed E-state index contributed by atoms with van der Waals surface area (Å²) in [5.41, 5.74) is 0. The zero-order valence-electron chi connectivity index (χ0n) is 13.2. The Hall–Kier alpha value is -0.650. The van der Waals surface area contributed by atoms with Gasteiger partial charge < -0.3 is 15.0 Å². The van der Waals surface area contributed by atoms with Gasteiger partial charge in [0.25, 0.3) is 0 Å². The smallest absolute Gasteiger partial charge is 0.185 e. The number of thiazole rings is 1. The normalized spacial score (nSPS) is 10.9. The highest BCUT2D eigenvalue weighted by molar-refractivity contribution is 7.15. The van der Waals surface area contributed by atoms with E-state index in [0.29, 0.717) is 0 Å². The first kappa shape index (κ1) is 17.4. The molecule has 0 fully saturated rings. The molecule has 1 rings (SSSR count). The second-order valence-electron chi connectivity index (χ2n) is 4.78. The summed E-state index contributed by atoms with van der Waals surface area (Å²) in [4.78, 5) is 8.08. The molecular weight excluding hydrogens is 270 g/mol. The van der Waals surface area contributed by atoms with Crippen LogP contribution in [0.3, 0.4) is 0 Å². The number of hydrogen-bond donors (Lipinski definition) is 1. The van der Waals surface area contributed by atoms with Crippen LogP contribution in [0.2, 0.25) is 0 Å². The van der Waals surface area contributed by atoms with Gasteiger partial charge in [0, 0.05) is 43.9 Å². The van der Waals surface area contributed by atoms with Crippen LogP contribution in [-0.2, 0) is 11.3 Å². The predicted molar refractivity (Wildman–Crippen MR) is 87.7 cm³/mol. The maximum Gasteiger partial charge on any atom is 0.185 e. The molecule has 0 spiro atoms. The monoisotopic (exact) mass is 299 g/mol. The molecule has 0 aliphatic rings. The number of aromatic nitrogens is 1. The molecule has 1 heterocycles. The third-order valence-electron chi connectivity index (χ3n) is 3.16. The standard InChI is InChI=1S/C15H29N3OS/c1-4-7-10-19-11-8-9-16-12-14-13-17-15(20-14)18(5-2)6-3/h13,16H,4-12H2,1-3H3. The number of anilines is 1. The van der Waals surface area contributed by atoms with E-state index in [1.807, 2.05) is 6.20 Å². The first-order chi connectivity index (χ1) is 9.81.